The van der Waals surface area contributed by atoms with Gasteiger partial charge in [0.1, 0.15) is 0 Å². The molecule has 7 heteroatoms. The zero-order chi connectivity index (χ0) is 14.6. The summed E-state index contributed by atoms with van der Waals surface area (Å²) in [6, 6.07) is 1.66. The molecule has 0 saturated carbocycles. The lowest BCUT2D eigenvalue weighted by molar-refractivity contribution is 0.181. The van der Waals surface area contributed by atoms with E-state index in [0.29, 0.717) is 24.7 Å². The maximum absolute atomic E-state index is 12.7. The molecule has 0 radical (unpaired) electrons. The monoisotopic (exact) mass is 318 g/mol. The van der Waals surface area contributed by atoms with Gasteiger partial charge in [0, 0.05) is 25.1 Å². The number of ether oxygens (including phenoxy) is 1. The minimum Gasteiger partial charge on any atom is -0.380 e. The van der Waals surface area contributed by atoms with Gasteiger partial charge in [-0.05, 0) is 30.8 Å². The summed E-state index contributed by atoms with van der Waals surface area (Å²) in [6.07, 6.45) is 1.80. The Bertz CT molecular complexity index is 521. The van der Waals surface area contributed by atoms with E-state index in [4.69, 9.17) is 4.74 Å². The van der Waals surface area contributed by atoms with E-state index in [1.807, 2.05) is 5.38 Å². The molecule has 114 valence electrons. The van der Waals surface area contributed by atoms with Gasteiger partial charge in [-0.1, -0.05) is 6.92 Å². The van der Waals surface area contributed by atoms with Crippen LogP contribution in [-0.2, 0) is 21.3 Å². The molecule has 0 aromatic carbocycles. The standard InChI is InChI=1S/C13H22N2O3S2/c1-3-6-14-9-12-13(5-8-19-12)20(16,17)15(2)11-4-7-18-10-11/h5,8,11,14H,3-4,6-7,9-10H2,1-2H3. The number of thiophene rings is 1. The van der Waals surface area contributed by atoms with E-state index >= 15 is 0 Å². The highest BCUT2D eigenvalue weighted by Crippen LogP contribution is 2.27. The van der Waals surface area contributed by atoms with Crippen molar-refractivity contribution >= 4 is 21.4 Å². The molecule has 0 aliphatic carbocycles. The minimum atomic E-state index is -3.42. The van der Waals surface area contributed by atoms with Crippen molar-refractivity contribution in [1.29, 1.82) is 0 Å². The molecule has 0 bridgehead atoms. The molecule has 1 unspecified atom stereocenters. The Morgan fingerprint density at radius 2 is 2.35 bits per heavy atom. The van der Waals surface area contributed by atoms with Gasteiger partial charge in [0.15, 0.2) is 0 Å². The fourth-order valence-corrected chi connectivity index (χ4v) is 4.98. The van der Waals surface area contributed by atoms with Crippen molar-refractivity contribution in [3.63, 3.8) is 0 Å². The van der Waals surface area contributed by atoms with Crippen molar-refractivity contribution in [2.75, 3.05) is 26.8 Å². The van der Waals surface area contributed by atoms with E-state index < -0.39 is 10.0 Å². The van der Waals surface area contributed by atoms with E-state index in [1.165, 1.54) is 15.6 Å². The van der Waals surface area contributed by atoms with Crippen LogP contribution in [-0.4, -0.2) is 45.6 Å². The predicted molar refractivity (Wildman–Crippen MR) is 80.5 cm³/mol. The summed E-state index contributed by atoms with van der Waals surface area (Å²) >= 11 is 1.49. The van der Waals surface area contributed by atoms with Gasteiger partial charge < -0.3 is 10.1 Å². The lowest BCUT2D eigenvalue weighted by Gasteiger charge is -2.22. The lowest BCUT2D eigenvalue weighted by atomic mass is 10.3. The molecule has 1 aromatic heterocycles. The maximum atomic E-state index is 12.7. The zero-order valence-electron chi connectivity index (χ0n) is 12.0. The quantitative estimate of drug-likeness (QED) is 0.777. The van der Waals surface area contributed by atoms with Crippen molar-refractivity contribution in [2.24, 2.45) is 0 Å². The first-order valence-electron chi connectivity index (χ1n) is 6.90. The fourth-order valence-electron chi connectivity index (χ4n) is 2.23. The van der Waals surface area contributed by atoms with Crippen molar-refractivity contribution < 1.29 is 13.2 Å². The van der Waals surface area contributed by atoms with Crippen LogP contribution >= 0.6 is 11.3 Å². The largest absolute Gasteiger partial charge is 0.380 e. The highest BCUT2D eigenvalue weighted by atomic mass is 32.2. The smallest absolute Gasteiger partial charge is 0.244 e. The lowest BCUT2D eigenvalue weighted by Crippen LogP contribution is -2.37. The highest BCUT2D eigenvalue weighted by Gasteiger charge is 2.32. The molecule has 20 heavy (non-hydrogen) atoms. The average molecular weight is 318 g/mol. The van der Waals surface area contributed by atoms with E-state index in [2.05, 4.69) is 12.2 Å². The Morgan fingerprint density at radius 3 is 3.00 bits per heavy atom. The number of hydrogen-bond acceptors (Lipinski definition) is 5. The summed E-state index contributed by atoms with van der Waals surface area (Å²) in [5.41, 5.74) is 0. The molecule has 1 atom stereocenters. The first-order chi connectivity index (χ1) is 9.57. The number of rotatable bonds is 7. The van der Waals surface area contributed by atoms with Crippen molar-refractivity contribution in [3.8, 4) is 0 Å². The van der Waals surface area contributed by atoms with Gasteiger partial charge in [0.25, 0.3) is 0 Å². The van der Waals surface area contributed by atoms with E-state index in [0.717, 1.165) is 24.3 Å². The third-order valence-electron chi connectivity index (χ3n) is 3.49. The zero-order valence-corrected chi connectivity index (χ0v) is 13.6. The Labute approximate surface area is 125 Å². The maximum Gasteiger partial charge on any atom is 0.244 e. The SMILES string of the molecule is CCCNCc1sccc1S(=O)(=O)N(C)C1CCOC1. The van der Waals surface area contributed by atoms with Gasteiger partial charge in [0.05, 0.1) is 17.5 Å². The van der Waals surface area contributed by atoms with Crippen molar-refractivity contribution in [3.05, 3.63) is 16.3 Å². The molecular formula is C13H22N2O3S2. The highest BCUT2D eigenvalue weighted by molar-refractivity contribution is 7.89. The fraction of sp³-hybridized carbons (Fsp3) is 0.692. The van der Waals surface area contributed by atoms with Crippen LogP contribution in [0, 0.1) is 0 Å². The predicted octanol–water partition coefficient (Wildman–Crippen LogP) is 1.66. The first-order valence-corrected chi connectivity index (χ1v) is 9.22. The Kier molecular flexibility index (Phi) is 5.57. The van der Waals surface area contributed by atoms with Crippen molar-refractivity contribution in [2.45, 2.75) is 37.2 Å². The third-order valence-corrected chi connectivity index (χ3v) is 6.54. The van der Waals surface area contributed by atoms with Crippen LogP contribution < -0.4 is 5.32 Å². The van der Waals surface area contributed by atoms with Crippen LogP contribution in [0.5, 0.6) is 0 Å². The molecule has 5 nitrogen and oxygen atoms in total. The Balaban J connectivity index is 2.14. The van der Waals surface area contributed by atoms with Gasteiger partial charge in [-0.3, -0.25) is 0 Å². The van der Waals surface area contributed by atoms with Crippen LogP contribution in [0.4, 0.5) is 0 Å². The van der Waals surface area contributed by atoms with E-state index in [1.54, 1.807) is 13.1 Å². The first kappa shape index (κ1) is 15.9. The molecule has 1 N–H and O–H groups in total. The molecule has 1 aliphatic rings. The summed E-state index contributed by atoms with van der Waals surface area (Å²) in [7, 11) is -1.77. The second-order valence-corrected chi connectivity index (χ2v) is 7.89. The molecule has 2 heterocycles. The number of hydrogen-bond donors (Lipinski definition) is 1. The number of nitrogens with zero attached hydrogens (tertiary/aromatic N) is 1. The summed E-state index contributed by atoms with van der Waals surface area (Å²) in [6.45, 7) is 4.72. The minimum absolute atomic E-state index is 0.0450. The van der Waals surface area contributed by atoms with Crippen LogP contribution in [0.15, 0.2) is 16.3 Å². The summed E-state index contributed by atoms with van der Waals surface area (Å²) in [5.74, 6) is 0. The molecule has 1 aliphatic heterocycles. The van der Waals surface area contributed by atoms with Gasteiger partial charge in [-0.2, -0.15) is 4.31 Å². The summed E-state index contributed by atoms with van der Waals surface area (Å²) < 4.78 is 32.1. The Hall–Kier alpha value is -0.470. The van der Waals surface area contributed by atoms with Gasteiger partial charge in [-0.25, -0.2) is 8.42 Å². The number of nitrogens with one attached hydrogen (secondary N) is 1. The third kappa shape index (κ3) is 3.40. The summed E-state index contributed by atoms with van der Waals surface area (Å²) in [5, 5.41) is 5.10. The van der Waals surface area contributed by atoms with Crippen molar-refractivity contribution in [1.82, 2.24) is 9.62 Å². The van der Waals surface area contributed by atoms with E-state index in [9.17, 15) is 8.42 Å². The molecule has 2 rings (SSSR count). The van der Waals surface area contributed by atoms with Gasteiger partial charge >= 0.3 is 0 Å². The van der Waals surface area contributed by atoms with Crippen LogP contribution in [0.2, 0.25) is 0 Å². The molecule has 0 spiro atoms. The van der Waals surface area contributed by atoms with Crippen LogP contribution in [0.1, 0.15) is 24.6 Å². The van der Waals surface area contributed by atoms with E-state index in [-0.39, 0.29) is 6.04 Å². The average Bonchev–Trinajstić information content (AvgIpc) is 3.09. The molecular weight excluding hydrogens is 296 g/mol. The second kappa shape index (κ2) is 7.00. The summed E-state index contributed by atoms with van der Waals surface area (Å²) in [4.78, 5) is 1.31. The number of likely N-dealkylation sites (N-methyl/N-ethyl adjacent to an activating group) is 1. The van der Waals surface area contributed by atoms with Gasteiger partial charge in [0.2, 0.25) is 10.0 Å². The molecule has 1 aromatic rings. The van der Waals surface area contributed by atoms with Crippen LogP contribution in [0.3, 0.4) is 0 Å². The topological polar surface area (TPSA) is 58.6 Å². The number of sulfonamides is 1. The van der Waals surface area contributed by atoms with Gasteiger partial charge in [-0.15, -0.1) is 11.3 Å². The molecule has 1 saturated heterocycles. The molecule has 0 amide bonds. The van der Waals surface area contributed by atoms with Crippen LogP contribution in [0.25, 0.3) is 0 Å². The second-order valence-electron chi connectivity index (χ2n) is 4.92. The molecule has 1 fully saturated rings. The Morgan fingerprint density at radius 1 is 1.55 bits per heavy atom. The normalized spacial score (nSPS) is 19.9.